The summed E-state index contributed by atoms with van der Waals surface area (Å²) in [6, 6.07) is 0. The number of nitrogens with one attached hydrogen (secondary N) is 1. The van der Waals surface area contributed by atoms with E-state index in [0.717, 1.165) is 12.8 Å². The van der Waals surface area contributed by atoms with E-state index in [0.29, 0.717) is 24.3 Å². The topological polar surface area (TPSA) is 38.3 Å². The molecule has 0 radical (unpaired) electrons. The van der Waals surface area contributed by atoms with Crippen molar-refractivity contribution in [3.05, 3.63) is 0 Å². The van der Waals surface area contributed by atoms with Gasteiger partial charge in [0.15, 0.2) is 0 Å². The number of halogens is 3. The minimum Gasteiger partial charge on any atom is -0.375 e. The Labute approximate surface area is 118 Å². The summed E-state index contributed by atoms with van der Waals surface area (Å²) in [7, 11) is 0. The molecule has 1 fully saturated rings. The average Bonchev–Trinajstić information content (AvgIpc) is 2.41. The smallest absolute Gasteiger partial charge is 0.261 e. The van der Waals surface area contributed by atoms with Crippen molar-refractivity contribution < 1.29 is 18.3 Å². The van der Waals surface area contributed by atoms with Gasteiger partial charge < -0.3 is 10.1 Å². The zero-order valence-corrected chi connectivity index (χ0v) is 11.8. The largest absolute Gasteiger partial charge is 0.375 e. The molecule has 0 aromatic rings. The molecule has 0 heterocycles. The van der Waals surface area contributed by atoms with Gasteiger partial charge in [-0.1, -0.05) is 12.8 Å². The highest BCUT2D eigenvalue weighted by Crippen LogP contribution is 2.30. The molecule has 0 aromatic carbocycles. The zero-order valence-electron chi connectivity index (χ0n) is 11.0. The van der Waals surface area contributed by atoms with Crippen molar-refractivity contribution in [2.24, 2.45) is 11.8 Å². The second-order valence-electron chi connectivity index (χ2n) is 4.98. The fraction of sp³-hybridized carbons (Fsp3) is 0.923. The van der Waals surface area contributed by atoms with Gasteiger partial charge in [0.05, 0.1) is 6.61 Å². The van der Waals surface area contributed by atoms with Crippen LogP contribution in [-0.4, -0.2) is 38.0 Å². The maximum absolute atomic E-state index is 11.8. The van der Waals surface area contributed by atoms with E-state index in [4.69, 9.17) is 11.6 Å². The summed E-state index contributed by atoms with van der Waals surface area (Å²) < 4.78 is 28.3. The maximum atomic E-state index is 11.8. The van der Waals surface area contributed by atoms with E-state index in [1.54, 1.807) is 0 Å². The lowest BCUT2D eigenvalue weighted by Gasteiger charge is -2.30. The molecule has 1 N–H and O–H groups in total. The van der Waals surface area contributed by atoms with Crippen LogP contribution in [0, 0.1) is 11.8 Å². The van der Waals surface area contributed by atoms with Crippen molar-refractivity contribution in [2.75, 3.05) is 25.6 Å². The van der Waals surface area contributed by atoms with Crippen LogP contribution in [0.1, 0.15) is 32.1 Å². The van der Waals surface area contributed by atoms with Gasteiger partial charge in [-0.25, -0.2) is 8.78 Å². The lowest BCUT2D eigenvalue weighted by atomic mass is 9.80. The van der Waals surface area contributed by atoms with E-state index in [-0.39, 0.29) is 18.9 Å². The van der Waals surface area contributed by atoms with Gasteiger partial charge in [0, 0.05) is 18.8 Å². The molecule has 0 aliphatic heterocycles. The third-order valence-corrected chi connectivity index (χ3v) is 3.94. The molecule has 1 rings (SSSR count). The highest BCUT2D eigenvalue weighted by atomic mass is 35.5. The molecule has 1 aliphatic rings. The first kappa shape index (κ1) is 16.6. The number of carbonyl (C=O) groups excluding carboxylic acids is 1. The van der Waals surface area contributed by atoms with Gasteiger partial charge in [0.2, 0.25) is 5.91 Å². The Hall–Kier alpha value is -0.420. The molecule has 19 heavy (non-hydrogen) atoms. The molecule has 0 bridgehead atoms. The Kier molecular flexibility index (Phi) is 8.30. The predicted molar refractivity (Wildman–Crippen MR) is 70.6 cm³/mol. The number of carbonyl (C=O) groups is 1. The molecular weight excluding hydrogens is 276 g/mol. The van der Waals surface area contributed by atoms with Crippen LogP contribution in [0.3, 0.4) is 0 Å². The number of hydrogen-bond acceptors (Lipinski definition) is 2. The molecule has 112 valence electrons. The van der Waals surface area contributed by atoms with Gasteiger partial charge in [-0.05, 0) is 24.7 Å². The monoisotopic (exact) mass is 297 g/mol. The van der Waals surface area contributed by atoms with Crippen molar-refractivity contribution in [2.45, 2.75) is 38.5 Å². The molecule has 1 amide bonds. The van der Waals surface area contributed by atoms with Crippen molar-refractivity contribution in [3.63, 3.8) is 0 Å². The van der Waals surface area contributed by atoms with E-state index in [1.807, 2.05) is 0 Å². The molecule has 6 heteroatoms. The van der Waals surface area contributed by atoms with Crippen LogP contribution in [0.4, 0.5) is 8.78 Å². The molecule has 0 saturated heterocycles. The summed E-state index contributed by atoms with van der Waals surface area (Å²) in [6.07, 6.45) is 2.27. The van der Waals surface area contributed by atoms with Crippen LogP contribution in [0.5, 0.6) is 0 Å². The van der Waals surface area contributed by atoms with Crippen molar-refractivity contribution >= 4 is 17.5 Å². The van der Waals surface area contributed by atoms with Gasteiger partial charge in [-0.3, -0.25) is 4.79 Å². The number of hydrogen-bond donors (Lipinski definition) is 1. The third-order valence-electron chi connectivity index (χ3n) is 3.54. The molecule has 0 spiro atoms. The lowest BCUT2D eigenvalue weighted by molar-refractivity contribution is -0.122. The Balaban J connectivity index is 2.11. The second-order valence-corrected chi connectivity index (χ2v) is 5.29. The fourth-order valence-electron chi connectivity index (χ4n) is 2.43. The molecule has 3 nitrogen and oxygen atoms in total. The first-order valence-corrected chi connectivity index (χ1v) is 7.35. The van der Waals surface area contributed by atoms with E-state index in [9.17, 15) is 13.6 Å². The number of amides is 1. The average molecular weight is 298 g/mol. The normalized spacial score (nSPS) is 23.6. The standard InChI is InChI=1S/C13H22ClF2NO2/c14-7-10-3-1-2-4-11(10)8-17-13(18)5-6-19-9-12(15)16/h10-12H,1-9H2,(H,17,18). The summed E-state index contributed by atoms with van der Waals surface area (Å²) in [5.41, 5.74) is 0. The first-order valence-electron chi connectivity index (χ1n) is 6.82. The Bertz CT molecular complexity index is 267. The summed E-state index contributed by atoms with van der Waals surface area (Å²) in [4.78, 5) is 11.5. The van der Waals surface area contributed by atoms with Crippen LogP contribution < -0.4 is 5.32 Å². The van der Waals surface area contributed by atoms with Gasteiger partial charge in [0.25, 0.3) is 6.43 Å². The third kappa shape index (κ3) is 7.06. The van der Waals surface area contributed by atoms with Gasteiger partial charge in [0.1, 0.15) is 6.61 Å². The maximum Gasteiger partial charge on any atom is 0.261 e. The molecule has 2 unspecified atom stereocenters. The van der Waals surface area contributed by atoms with Crippen molar-refractivity contribution in [3.8, 4) is 0 Å². The van der Waals surface area contributed by atoms with Gasteiger partial charge in [-0.15, -0.1) is 11.6 Å². The molecule has 0 aromatic heterocycles. The summed E-state index contributed by atoms with van der Waals surface area (Å²) >= 11 is 5.92. The Morgan fingerprint density at radius 1 is 1.32 bits per heavy atom. The van der Waals surface area contributed by atoms with E-state index in [2.05, 4.69) is 10.1 Å². The Morgan fingerprint density at radius 2 is 2.00 bits per heavy atom. The summed E-state index contributed by atoms with van der Waals surface area (Å²) in [5.74, 6) is 1.41. The Morgan fingerprint density at radius 3 is 2.63 bits per heavy atom. The highest BCUT2D eigenvalue weighted by Gasteiger charge is 2.24. The number of rotatable bonds is 8. The van der Waals surface area contributed by atoms with Crippen LogP contribution in [-0.2, 0) is 9.53 Å². The fourth-order valence-corrected chi connectivity index (χ4v) is 2.83. The summed E-state index contributed by atoms with van der Waals surface area (Å²) in [5, 5.41) is 2.84. The van der Waals surface area contributed by atoms with Crippen LogP contribution in [0.15, 0.2) is 0 Å². The first-order chi connectivity index (χ1) is 9.13. The molecule has 2 atom stereocenters. The quantitative estimate of drug-likeness (QED) is 0.553. The molecule has 1 saturated carbocycles. The van der Waals surface area contributed by atoms with Crippen molar-refractivity contribution in [1.82, 2.24) is 5.32 Å². The lowest BCUT2D eigenvalue weighted by Crippen LogP contribution is -2.35. The van der Waals surface area contributed by atoms with Crippen LogP contribution in [0.25, 0.3) is 0 Å². The van der Waals surface area contributed by atoms with Gasteiger partial charge >= 0.3 is 0 Å². The van der Waals surface area contributed by atoms with Crippen LogP contribution in [0.2, 0.25) is 0 Å². The second kappa shape index (κ2) is 9.48. The minimum atomic E-state index is -2.48. The van der Waals surface area contributed by atoms with E-state index < -0.39 is 13.0 Å². The van der Waals surface area contributed by atoms with Crippen molar-refractivity contribution in [1.29, 1.82) is 0 Å². The highest BCUT2D eigenvalue weighted by molar-refractivity contribution is 6.18. The summed E-state index contributed by atoms with van der Waals surface area (Å²) in [6.45, 7) is 0.0646. The minimum absolute atomic E-state index is 0.0414. The van der Waals surface area contributed by atoms with Gasteiger partial charge in [-0.2, -0.15) is 0 Å². The number of alkyl halides is 3. The SMILES string of the molecule is O=C(CCOCC(F)F)NCC1CCCCC1CCl. The predicted octanol–water partition coefficient (Wildman–Crippen LogP) is 2.82. The van der Waals surface area contributed by atoms with E-state index in [1.165, 1.54) is 12.8 Å². The number of ether oxygens (including phenoxy) is 1. The zero-order chi connectivity index (χ0) is 14.1. The molecule has 1 aliphatic carbocycles. The molecular formula is C13H22ClF2NO2. The van der Waals surface area contributed by atoms with Crippen LogP contribution >= 0.6 is 11.6 Å². The van der Waals surface area contributed by atoms with E-state index >= 15 is 0 Å².